The van der Waals surface area contributed by atoms with E-state index in [1.54, 1.807) is 0 Å². The van der Waals surface area contributed by atoms with Crippen LogP contribution in [-0.4, -0.2) is 6.65 Å². The van der Waals surface area contributed by atoms with Crippen LogP contribution in [0.2, 0.25) is 10.7 Å². The van der Waals surface area contributed by atoms with Crippen molar-refractivity contribution in [2.45, 2.75) is 38.7 Å². The van der Waals surface area contributed by atoms with Gasteiger partial charge in [0.25, 0.3) is 0 Å². The Balaban J connectivity index is 2.07. The monoisotopic (exact) mass is 492 g/mol. The van der Waals surface area contributed by atoms with Crippen molar-refractivity contribution in [1.82, 2.24) is 0 Å². The van der Waals surface area contributed by atoms with Gasteiger partial charge in [0.2, 0.25) is 0 Å². The van der Waals surface area contributed by atoms with Gasteiger partial charge in [-0.2, -0.15) is 0 Å². The Kier molecular flexibility index (Phi) is 4.46. The van der Waals surface area contributed by atoms with Gasteiger partial charge in [-0.1, -0.05) is 0 Å². The molecule has 4 rings (SSSR count). The minimum absolute atomic E-state index is 0.201. The summed E-state index contributed by atoms with van der Waals surface area (Å²) in [7, 11) is 16.5. The summed E-state index contributed by atoms with van der Waals surface area (Å²) < 4.78 is 1.32. The van der Waals surface area contributed by atoms with Crippen LogP contribution in [0.15, 0.2) is 59.7 Å². The summed E-state index contributed by atoms with van der Waals surface area (Å²) in [6.45, 7) is 8.44. The molecule has 0 N–H and O–H groups in total. The van der Waals surface area contributed by atoms with Gasteiger partial charge in [0, 0.05) is 0 Å². The van der Waals surface area contributed by atoms with E-state index >= 15 is 0 Å². The quantitative estimate of drug-likeness (QED) is 0.388. The molecule has 0 aromatic heterocycles. The summed E-state index contributed by atoms with van der Waals surface area (Å²) in [5.74, 6) is 0. The molecule has 0 aliphatic heterocycles. The summed E-state index contributed by atoms with van der Waals surface area (Å²) in [5.41, 5.74) is 8.08. The molecule has 0 amide bonds. The zero-order valence-corrected chi connectivity index (χ0v) is 22.0. The number of allylic oxidation sites excluding steroid dienone is 2. The van der Waals surface area contributed by atoms with Crippen LogP contribution in [0.25, 0.3) is 12.2 Å². The van der Waals surface area contributed by atoms with Crippen molar-refractivity contribution in [2.75, 3.05) is 0 Å². The van der Waals surface area contributed by atoms with E-state index in [0.29, 0.717) is 0 Å². The number of halogens is 2. The molecule has 4 heteroatoms. The van der Waals surface area contributed by atoms with Gasteiger partial charge in [-0.25, -0.2) is 0 Å². The van der Waals surface area contributed by atoms with Crippen molar-refractivity contribution in [1.29, 1.82) is 0 Å². The predicted octanol–water partition coefficient (Wildman–Crippen LogP) is 7.41. The zero-order valence-electron chi connectivity index (χ0n) is 16.6. The Morgan fingerprint density at radius 3 is 1.59 bits per heavy atom. The molecule has 0 heterocycles. The first-order valence-electron chi connectivity index (χ1n) is 10.0. The molecule has 27 heavy (non-hydrogen) atoms. The van der Waals surface area contributed by atoms with Crippen LogP contribution in [0.5, 0.6) is 0 Å². The molecule has 2 unspecified atom stereocenters. The number of benzene rings is 2. The maximum absolute atomic E-state index is 8.23. The maximum atomic E-state index is 8.23. The Labute approximate surface area is 169 Å². The van der Waals surface area contributed by atoms with Crippen molar-refractivity contribution in [3.05, 3.63) is 81.9 Å². The molecular weight excluding hydrogens is 466 g/mol. The average molecular weight is 495 g/mol. The molecule has 0 spiro atoms. The summed E-state index contributed by atoms with van der Waals surface area (Å²) in [5, 5.41) is 0. The van der Waals surface area contributed by atoms with Gasteiger partial charge >= 0.3 is 171 Å². The third-order valence-corrected chi connectivity index (χ3v) is 64.9. The second-order valence-corrected chi connectivity index (χ2v) is 62.7. The molecule has 0 saturated heterocycles. The topological polar surface area (TPSA) is 0 Å². The van der Waals surface area contributed by atoms with E-state index < -0.39 is 20.7 Å². The van der Waals surface area contributed by atoms with E-state index in [4.69, 9.17) is 17.0 Å². The first-order valence-corrected chi connectivity index (χ1v) is 28.3. The standard InChI is InChI=1S/2C10H9.C2H5.CH5Si.2ClH.Zr/c2*1-8-6-9-4-2-3-5-10(9)7-8;2*1-2;;;/h2*2-7H,1H3;1H2,2H3;2H2,1H3;2*1H;/q;;;;;;+2/p-2. The van der Waals surface area contributed by atoms with Gasteiger partial charge < -0.3 is 0 Å². The molecule has 0 fully saturated rings. The molecule has 0 saturated carbocycles. The zero-order chi connectivity index (χ0) is 19.5. The fourth-order valence-corrected chi connectivity index (χ4v) is 45.5. The van der Waals surface area contributed by atoms with E-state index in [0.717, 1.165) is 4.13 Å². The van der Waals surface area contributed by atoms with Crippen molar-refractivity contribution in [3.63, 3.8) is 0 Å². The average Bonchev–Trinajstić information content (AvgIpc) is 3.19. The minimum atomic E-state index is -4.85. The molecular formula is C23H28Cl2SiZr. The summed E-state index contributed by atoms with van der Waals surface area (Å²) in [6.07, 6.45) is 4.66. The Morgan fingerprint density at radius 2 is 1.22 bits per heavy atom. The van der Waals surface area contributed by atoms with Crippen LogP contribution in [-0.2, 0) is 14.1 Å². The van der Waals surface area contributed by atoms with Gasteiger partial charge in [0.15, 0.2) is 0 Å². The molecule has 0 nitrogen and oxygen atoms in total. The Hall–Kier alpha value is -0.400. The van der Waals surface area contributed by atoms with Crippen LogP contribution < -0.4 is 0 Å². The normalized spacial score (nSPS) is 24.2. The van der Waals surface area contributed by atoms with Crippen LogP contribution in [0.1, 0.15) is 50.3 Å². The van der Waals surface area contributed by atoms with E-state index in [1.165, 1.54) is 33.4 Å². The summed E-state index contributed by atoms with van der Waals surface area (Å²) in [4.78, 5) is 0. The molecule has 2 aromatic carbocycles. The molecule has 2 aliphatic rings. The molecule has 0 bridgehead atoms. The van der Waals surface area contributed by atoms with Crippen LogP contribution in [0.4, 0.5) is 0 Å². The van der Waals surface area contributed by atoms with Crippen molar-refractivity contribution in [3.8, 4) is 0 Å². The van der Waals surface area contributed by atoms with E-state index in [9.17, 15) is 0 Å². The van der Waals surface area contributed by atoms with Gasteiger partial charge in [0.1, 0.15) is 0 Å². The second kappa shape index (κ2) is 6.05. The fourth-order valence-electron chi connectivity index (χ4n) is 6.30. The van der Waals surface area contributed by atoms with Crippen molar-refractivity contribution >= 4 is 35.8 Å². The number of rotatable bonds is 4. The number of hydrogen-bond acceptors (Lipinski definition) is 0. The van der Waals surface area contributed by atoms with E-state index in [1.807, 2.05) is 0 Å². The van der Waals surface area contributed by atoms with E-state index in [2.05, 4.69) is 88.0 Å². The van der Waals surface area contributed by atoms with Gasteiger partial charge in [-0.3, -0.25) is 0 Å². The Bertz CT molecular complexity index is 937. The number of hydrogen-bond donors (Lipinski definition) is 0. The van der Waals surface area contributed by atoms with Crippen LogP contribution in [0, 0.1) is 0 Å². The molecule has 142 valence electrons. The molecule has 0 radical (unpaired) electrons. The van der Waals surface area contributed by atoms with Crippen molar-refractivity contribution in [2.24, 2.45) is 0 Å². The first kappa shape index (κ1) is 19.9. The van der Waals surface area contributed by atoms with Crippen LogP contribution >= 0.6 is 17.0 Å². The summed E-state index contributed by atoms with van der Waals surface area (Å²) >= 11 is -4.85. The van der Waals surface area contributed by atoms with Crippen molar-refractivity contribution < 1.29 is 14.1 Å². The SMILES string of the molecule is C[CH2][Zr]([Cl])([Cl])([SiH2]C)([CH]1C(C)=Cc2ccccc21)[CH]1C(C)=Cc2ccccc21. The molecule has 2 aliphatic carbocycles. The van der Waals surface area contributed by atoms with Gasteiger partial charge in [0.05, 0.1) is 0 Å². The third kappa shape index (κ3) is 2.49. The first-order chi connectivity index (χ1) is 12.7. The van der Waals surface area contributed by atoms with Gasteiger partial charge in [-0.05, 0) is 0 Å². The number of fused-ring (bicyclic) bond motifs is 2. The van der Waals surface area contributed by atoms with Gasteiger partial charge in [-0.15, -0.1) is 0 Å². The van der Waals surface area contributed by atoms with Crippen LogP contribution in [0.3, 0.4) is 0 Å². The van der Waals surface area contributed by atoms with E-state index in [-0.39, 0.29) is 7.25 Å². The molecule has 2 aromatic rings. The third-order valence-electron chi connectivity index (χ3n) is 7.73. The summed E-state index contributed by atoms with van der Waals surface area (Å²) in [6, 6.07) is 17.5. The second-order valence-electron chi connectivity index (χ2n) is 8.88. The Morgan fingerprint density at radius 1 is 0.815 bits per heavy atom. The molecule has 2 atom stereocenters. The fraction of sp³-hybridized carbons (Fsp3) is 0.304. The predicted molar refractivity (Wildman–Crippen MR) is 122 cm³/mol.